The summed E-state index contributed by atoms with van der Waals surface area (Å²) >= 11 is 0. The third kappa shape index (κ3) is 10.0. The number of fused-ring (bicyclic) bond motifs is 5. The van der Waals surface area contributed by atoms with Crippen LogP contribution in [0, 0.1) is 26.8 Å². The van der Waals surface area contributed by atoms with Gasteiger partial charge in [-0.2, -0.15) is 36.6 Å². The minimum Gasteiger partial charge on any atom is -0.343 e. The summed E-state index contributed by atoms with van der Waals surface area (Å²) in [6.07, 6.45) is 5.58. The Kier molecular flexibility index (Phi) is 15.2. The Morgan fingerprint density at radius 2 is 1.24 bits per heavy atom. The van der Waals surface area contributed by atoms with Gasteiger partial charge in [0.1, 0.15) is 0 Å². The molecule has 0 unspecified atom stereocenters. The first kappa shape index (κ1) is 41.3. The molecule has 0 spiro atoms. The van der Waals surface area contributed by atoms with Gasteiger partial charge in [-0.1, -0.05) is 140 Å². The van der Waals surface area contributed by atoms with Crippen LogP contribution >= 0.6 is 0 Å². The first-order valence-corrected chi connectivity index (χ1v) is 18.2. The van der Waals surface area contributed by atoms with Crippen LogP contribution in [0.4, 0.5) is 0 Å². The maximum Gasteiger partial charge on any atom is 4.00 e. The van der Waals surface area contributed by atoms with E-state index < -0.39 is 0 Å². The van der Waals surface area contributed by atoms with Gasteiger partial charge in [0.25, 0.3) is 0 Å². The van der Waals surface area contributed by atoms with Crippen LogP contribution in [-0.2, 0) is 43.5 Å². The molecule has 0 heterocycles. The Morgan fingerprint density at radius 3 is 1.88 bits per heavy atom. The summed E-state index contributed by atoms with van der Waals surface area (Å²) < 4.78 is 0. The Bertz CT molecular complexity index is 1880. The fourth-order valence-corrected chi connectivity index (χ4v) is 6.12. The zero-order valence-corrected chi connectivity index (χ0v) is 34.7. The molecule has 1 aliphatic carbocycles. The summed E-state index contributed by atoms with van der Waals surface area (Å²) in [6, 6.07) is 41.3. The summed E-state index contributed by atoms with van der Waals surface area (Å²) in [6.45, 7) is 27.2. The molecular formula is C49H58Zr. The monoisotopic (exact) mass is 736 g/mol. The molecule has 0 saturated heterocycles. The topological polar surface area (TPSA) is 0 Å². The normalized spacial score (nSPS) is 11.6. The van der Waals surface area contributed by atoms with Crippen molar-refractivity contribution < 1.29 is 26.2 Å². The zero-order valence-electron chi connectivity index (χ0n) is 32.3. The Morgan fingerprint density at radius 1 is 0.640 bits per heavy atom. The van der Waals surface area contributed by atoms with Crippen molar-refractivity contribution >= 4 is 21.5 Å². The van der Waals surface area contributed by atoms with Crippen LogP contribution in [0.3, 0.4) is 0 Å². The van der Waals surface area contributed by atoms with Gasteiger partial charge in [-0.3, -0.25) is 0 Å². The second kappa shape index (κ2) is 18.4. The fourth-order valence-electron chi connectivity index (χ4n) is 6.12. The van der Waals surface area contributed by atoms with Crippen LogP contribution in [0.25, 0.3) is 43.8 Å². The van der Waals surface area contributed by atoms with Crippen LogP contribution in [-0.4, -0.2) is 0 Å². The minimum absolute atomic E-state index is 0. The third-order valence-electron chi connectivity index (χ3n) is 9.28. The molecule has 6 aromatic rings. The van der Waals surface area contributed by atoms with Crippen molar-refractivity contribution in [1.29, 1.82) is 0 Å². The van der Waals surface area contributed by atoms with E-state index in [1.807, 2.05) is 0 Å². The third-order valence-corrected chi connectivity index (χ3v) is 9.28. The molecule has 0 atom stereocenters. The Hall–Kier alpha value is -3.15. The van der Waals surface area contributed by atoms with Crippen molar-refractivity contribution in [1.82, 2.24) is 0 Å². The number of benzene rings is 5. The van der Waals surface area contributed by atoms with Gasteiger partial charge in [0.05, 0.1) is 0 Å². The minimum atomic E-state index is 0. The largest absolute Gasteiger partial charge is 4.00 e. The van der Waals surface area contributed by atoms with Gasteiger partial charge in [-0.05, 0) is 51.6 Å². The average Bonchev–Trinajstić information content (AvgIpc) is 3.69. The second-order valence-electron chi connectivity index (χ2n) is 15.3. The maximum absolute atomic E-state index is 3.67. The van der Waals surface area contributed by atoms with Gasteiger partial charge in [0.15, 0.2) is 0 Å². The number of rotatable bonds is 3. The quantitative estimate of drug-likeness (QED) is 0.158. The molecule has 0 nitrogen and oxygen atoms in total. The van der Waals surface area contributed by atoms with E-state index in [1.165, 1.54) is 84.5 Å². The van der Waals surface area contributed by atoms with Crippen molar-refractivity contribution in [3.05, 3.63) is 151 Å². The molecule has 0 N–H and O–H groups in total. The summed E-state index contributed by atoms with van der Waals surface area (Å²) in [5, 5.41) is 5.33. The van der Waals surface area contributed by atoms with Gasteiger partial charge in [0.2, 0.25) is 0 Å². The number of aryl methyl sites for hydroxylation is 1. The van der Waals surface area contributed by atoms with Crippen molar-refractivity contribution in [2.75, 3.05) is 0 Å². The zero-order chi connectivity index (χ0) is 35.8. The van der Waals surface area contributed by atoms with E-state index in [1.54, 1.807) is 0 Å². The van der Waals surface area contributed by atoms with Crippen molar-refractivity contribution in [2.24, 2.45) is 0 Å². The van der Waals surface area contributed by atoms with Gasteiger partial charge in [-0.15, -0.1) is 57.8 Å². The molecule has 0 amide bonds. The van der Waals surface area contributed by atoms with Crippen LogP contribution in [0.5, 0.6) is 0 Å². The molecule has 258 valence electrons. The van der Waals surface area contributed by atoms with Crippen LogP contribution in [0.1, 0.15) is 109 Å². The smallest absolute Gasteiger partial charge is 0.343 e. The van der Waals surface area contributed by atoms with E-state index in [9.17, 15) is 0 Å². The SMILES string of the molecule is CC(C)(C)c1[c-]c2c(cc1)-c1ccc(C(C)(C)C)cc1C2.Cc1cccc2c(-c3c[cH-]c4ccccc34)cccc12.[CH2-]CCC.[CH2-]CCC.[Zr+4]. The number of hydrogen-bond donors (Lipinski definition) is 0. The standard InChI is InChI=1S/C21H25.C20H15.2C4H9.Zr/c1-20(2,3)16-7-9-18-14(12-16)11-15-13-17(21(4,5)6)8-10-19(15)18;1-14-6-4-10-18-16(14)9-5-11-19(18)20-13-12-15-7-2-3-8-17(15)20;2*1-3-4-2;/h7-10,12H,11H2,1-6H3;2-13H,1H3;2*1,3-4H2,2H3;/q4*-1;+4. The van der Waals surface area contributed by atoms with Crippen LogP contribution < -0.4 is 0 Å². The Balaban J connectivity index is 0.000000220. The van der Waals surface area contributed by atoms with Crippen LogP contribution in [0.2, 0.25) is 0 Å². The summed E-state index contributed by atoms with van der Waals surface area (Å²) in [4.78, 5) is 0. The predicted molar refractivity (Wildman–Crippen MR) is 219 cm³/mol. The van der Waals surface area contributed by atoms with E-state index in [2.05, 4.69) is 185 Å². The van der Waals surface area contributed by atoms with Gasteiger partial charge in [-0.25, -0.2) is 0 Å². The predicted octanol–water partition coefficient (Wildman–Crippen LogP) is 14.6. The Labute approximate surface area is 324 Å². The molecule has 7 rings (SSSR count). The molecule has 0 aromatic heterocycles. The van der Waals surface area contributed by atoms with Crippen molar-refractivity contribution in [3.63, 3.8) is 0 Å². The summed E-state index contributed by atoms with van der Waals surface area (Å²) in [5.41, 5.74) is 12.7. The number of unbranched alkanes of at least 4 members (excludes halogenated alkanes) is 2. The van der Waals surface area contributed by atoms with E-state index in [4.69, 9.17) is 0 Å². The molecule has 6 aromatic carbocycles. The van der Waals surface area contributed by atoms with E-state index in [0.717, 1.165) is 19.3 Å². The molecule has 0 fully saturated rings. The van der Waals surface area contributed by atoms with E-state index in [0.29, 0.717) is 0 Å². The van der Waals surface area contributed by atoms with E-state index in [-0.39, 0.29) is 37.0 Å². The molecule has 0 bridgehead atoms. The fraction of sp³-hybridized carbons (Fsp3) is 0.327. The van der Waals surface area contributed by atoms with E-state index >= 15 is 0 Å². The van der Waals surface area contributed by atoms with Gasteiger partial charge >= 0.3 is 26.2 Å². The first-order valence-electron chi connectivity index (χ1n) is 18.2. The molecule has 1 heteroatoms. The van der Waals surface area contributed by atoms with Crippen molar-refractivity contribution in [3.8, 4) is 22.3 Å². The summed E-state index contributed by atoms with van der Waals surface area (Å²) in [5.74, 6) is 0. The molecular weight excluding hydrogens is 680 g/mol. The van der Waals surface area contributed by atoms with Crippen molar-refractivity contribution in [2.45, 2.75) is 105 Å². The second-order valence-corrected chi connectivity index (χ2v) is 15.3. The molecule has 0 aliphatic heterocycles. The average molecular weight is 738 g/mol. The maximum atomic E-state index is 3.67. The van der Waals surface area contributed by atoms with Gasteiger partial charge in [0, 0.05) is 0 Å². The van der Waals surface area contributed by atoms with Crippen LogP contribution in [0.15, 0.2) is 103 Å². The first-order chi connectivity index (χ1) is 23.3. The number of hydrogen-bond acceptors (Lipinski definition) is 0. The molecule has 0 saturated carbocycles. The summed E-state index contributed by atoms with van der Waals surface area (Å²) in [7, 11) is 0. The van der Waals surface area contributed by atoms with Gasteiger partial charge < -0.3 is 13.8 Å². The molecule has 0 radical (unpaired) electrons. The molecule has 50 heavy (non-hydrogen) atoms. The molecule has 1 aliphatic rings.